The molecule has 1 fully saturated rings. The summed E-state index contributed by atoms with van der Waals surface area (Å²) in [6.45, 7) is 4.57. The zero-order valence-electron chi connectivity index (χ0n) is 24.5. The Hall–Kier alpha value is -4.71. The molecule has 0 bridgehead atoms. The smallest absolute Gasteiger partial charge is 0.198 e. The van der Waals surface area contributed by atoms with Crippen LogP contribution in [-0.2, 0) is 13.2 Å². The molecule has 9 heteroatoms. The van der Waals surface area contributed by atoms with Crippen LogP contribution < -0.4 is 9.47 Å². The molecule has 222 valence electrons. The van der Waals surface area contributed by atoms with Crippen molar-refractivity contribution in [3.63, 3.8) is 0 Å². The van der Waals surface area contributed by atoms with Crippen LogP contribution in [0.4, 0.5) is 0 Å². The third kappa shape index (κ3) is 6.30. The summed E-state index contributed by atoms with van der Waals surface area (Å²) in [4.78, 5) is 23.0. The average Bonchev–Trinajstić information content (AvgIpc) is 3.48. The summed E-state index contributed by atoms with van der Waals surface area (Å²) < 4.78 is 18.2. The van der Waals surface area contributed by atoms with E-state index >= 15 is 0 Å². The minimum absolute atomic E-state index is 0.126. The molecule has 0 saturated carbocycles. The summed E-state index contributed by atoms with van der Waals surface area (Å²) in [5, 5.41) is 9.43. The predicted octanol–water partition coefficient (Wildman–Crippen LogP) is 7.50. The second-order valence-electron chi connectivity index (χ2n) is 11.1. The molecule has 0 unspecified atom stereocenters. The number of carbonyl (C=O) groups is 1. The van der Waals surface area contributed by atoms with Crippen LogP contribution >= 0.6 is 11.6 Å². The highest BCUT2D eigenvalue weighted by molar-refractivity contribution is 6.32. The van der Waals surface area contributed by atoms with Gasteiger partial charge in [-0.15, -0.1) is 0 Å². The Balaban J connectivity index is 1.19. The van der Waals surface area contributed by atoms with E-state index in [0.29, 0.717) is 45.4 Å². The Kier molecular flexibility index (Phi) is 8.60. The van der Waals surface area contributed by atoms with Gasteiger partial charge >= 0.3 is 0 Å². The fraction of sp³-hybridized carbons (Fsp3) is 0.257. The van der Waals surface area contributed by atoms with E-state index in [0.717, 1.165) is 65.2 Å². The zero-order chi connectivity index (χ0) is 30.6. The summed E-state index contributed by atoms with van der Waals surface area (Å²) in [5.41, 5.74) is 7.30. The summed E-state index contributed by atoms with van der Waals surface area (Å²) in [5.74, 6) is 1.91. The van der Waals surface area contributed by atoms with Crippen LogP contribution in [0.3, 0.4) is 0 Å². The van der Waals surface area contributed by atoms with E-state index in [1.807, 2.05) is 18.2 Å². The van der Waals surface area contributed by atoms with Crippen LogP contribution in [0.15, 0.2) is 71.4 Å². The lowest BCUT2D eigenvalue weighted by atomic mass is 9.96. The third-order valence-electron chi connectivity index (χ3n) is 8.12. The Labute approximate surface area is 260 Å². The molecule has 1 aliphatic heterocycles. The minimum atomic E-state index is 0.126. The first-order valence-corrected chi connectivity index (χ1v) is 14.9. The lowest BCUT2D eigenvalue weighted by Crippen LogP contribution is -2.29. The van der Waals surface area contributed by atoms with E-state index in [1.165, 1.54) is 12.3 Å². The van der Waals surface area contributed by atoms with Gasteiger partial charge in [0.1, 0.15) is 36.3 Å². The Bertz CT molecular complexity index is 1870. The van der Waals surface area contributed by atoms with Gasteiger partial charge in [0.15, 0.2) is 17.8 Å². The summed E-state index contributed by atoms with van der Waals surface area (Å²) in [6, 6.07) is 19.2. The van der Waals surface area contributed by atoms with Crippen molar-refractivity contribution in [3.05, 3.63) is 106 Å². The van der Waals surface area contributed by atoms with E-state index in [9.17, 15) is 4.79 Å². The number of aromatic nitrogens is 2. The lowest BCUT2D eigenvalue weighted by molar-refractivity contribution is 0.111. The molecule has 0 aliphatic carbocycles. The van der Waals surface area contributed by atoms with Crippen LogP contribution in [-0.4, -0.2) is 41.3 Å². The van der Waals surface area contributed by atoms with Crippen molar-refractivity contribution in [3.8, 4) is 28.7 Å². The van der Waals surface area contributed by atoms with E-state index in [1.54, 1.807) is 18.3 Å². The number of halogens is 1. The van der Waals surface area contributed by atoms with E-state index in [4.69, 9.17) is 35.7 Å². The largest absolute Gasteiger partial charge is 0.488 e. The Morgan fingerprint density at radius 1 is 1.07 bits per heavy atom. The number of likely N-dealkylation sites (tertiary alicyclic amines) is 1. The molecule has 0 radical (unpaired) electrons. The second kappa shape index (κ2) is 12.9. The van der Waals surface area contributed by atoms with Gasteiger partial charge in [-0.25, -0.2) is 4.98 Å². The summed E-state index contributed by atoms with van der Waals surface area (Å²) in [7, 11) is 2.15. The number of aldehydes is 1. The number of nitrogens with zero attached hydrogens (tertiary/aromatic N) is 4. The molecule has 5 aromatic rings. The normalized spacial score (nSPS) is 14.0. The van der Waals surface area contributed by atoms with Gasteiger partial charge in [-0.3, -0.25) is 9.78 Å². The standard InChI is InChI=1S/C35H31ClN4O4/c1-22-27(21-43-34-15-33(28(19-41)13-30(34)36)42-20-24-12-23(16-37)17-38-18-24)4-3-5-29(22)26-6-7-32-31(14-26)39-35(44-32)25-8-10-40(2)11-9-25/h3-7,12-15,17-19,25H,8-11,20-21H2,1-2H3. The number of oxazole rings is 1. The molecule has 0 amide bonds. The first kappa shape index (κ1) is 29.4. The van der Waals surface area contributed by atoms with Crippen molar-refractivity contribution in [2.24, 2.45) is 0 Å². The summed E-state index contributed by atoms with van der Waals surface area (Å²) >= 11 is 6.49. The van der Waals surface area contributed by atoms with Gasteiger partial charge in [-0.05, 0) is 86.4 Å². The molecule has 1 aliphatic rings. The van der Waals surface area contributed by atoms with Crippen LogP contribution in [0.5, 0.6) is 11.5 Å². The number of hydrogen-bond donors (Lipinski definition) is 0. The average molecular weight is 607 g/mol. The number of piperidine rings is 1. The number of fused-ring (bicyclic) bond motifs is 1. The van der Waals surface area contributed by atoms with Crippen LogP contribution in [0.2, 0.25) is 5.02 Å². The molecule has 3 heterocycles. The van der Waals surface area contributed by atoms with Gasteiger partial charge in [0, 0.05) is 29.9 Å². The molecule has 6 rings (SSSR count). The number of nitriles is 1. The van der Waals surface area contributed by atoms with Crippen molar-refractivity contribution < 1.29 is 18.7 Å². The topological polar surface area (TPSA) is 101 Å². The van der Waals surface area contributed by atoms with Crippen LogP contribution in [0, 0.1) is 18.3 Å². The number of benzene rings is 3. The quantitative estimate of drug-likeness (QED) is 0.159. The molecule has 0 atom stereocenters. The number of carbonyl (C=O) groups excluding carboxylic acids is 1. The number of pyridine rings is 1. The van der Waals surface area contributed by atoms with Gasteiger partial charge in [0.25, 0.3) is 0 Å². The third-order valence-corrected chi connectivity index (χ3v) is 8.42. The molecule has 1 saturated heterocycles. The highest BCUT2D eigenvalue weighted by Gasteiger charge is 2.23. The van der Waals surface area contributed by atoms with Gasteiger partial charge in [-0.2, -0.15) is 5.26 Å². The molecule has 0 N–H and O–H groups in total. The first-order chi connectivity index (χ1) is 21.4. The molecular formula is C35H31ClN4O4. The predicted molar refractivity (Wildman–Crippen MR) is 168 cm³/mol. The monoisotopic (exact) mass is 606 g/mol. The van der Waals surface area contributed by atoms with Gasteiger partial charge < -0.3 is 18.8 Å². The van der Waals surface area contributed by atoms with Crippen molar-refractivity contribution in [1.29, 1.82) is 5.26 Å². The fourth-order valence-electron chi connectivity index (χ4n) is 5.52. The lowest BCUT2D eigenvalue weighted by Gasteiger charge is -2.26. The highest BCUT2D eigenvalue weighted by atomic mass is 35.5. The second-order valence-corrected chi connectivity index (χ2v) is 11.5. The van der Waals surface area contributed by atoms with Crippen molar-refractivity contribution in [1.82, 2.24) is 14.9 Å². The van der Waals surface area contributed by atoms with E-state index in [2.05, 4.69) is 48.1 Å². The molecule has 3 aromatic carbocycles. The van der Waals surface area contributed by atoms with Crippen molar-refractivity contribution in [2.75, 3.05) is 20.1 Å². The van der Waals surface area contributed by atoms with Gasteiger partial charge in [-0.1, -0.05) is 35.9 Å². The maximum atomic E-state index is 11.7. The van der Waals surface area contributed by atoms with E-state index < -0.39 is 0 Å². The molecular weight excluding hydrogens is 576 g/mol. The Morgan fingerprint density at radius 2 is 1.89 bits per heavy atom. The molecule has 8 nitrogen and oxygen atoms in total. The van der Waals surface area contributed by atoms with Crippen LogP contribution in [0.1, 0.15) is 57.3 Å². The van der Waals surface area contributed by atoms with E-state index in [-0.39, 0.29) is 13.2 Å². The number of hydrogen-bond acceptors (Lipinski definition) is 8. The first-order valence-electron chi connectivity index (χ1n) is 14.5. The Morgan fingerprint density at radius 3 is 2.68 bits per heavy atom. The fourth-order valence-corrected chi connectivity index (χ4v) is 5.74. The van der Waals surface area contributed by atoms with Crippen molar-refractivity contribution >= 4 is 29.0 Å². The molecule has 0 spiro atoms. The molecule has 2 aromatic heterocycles. The van der Waals surface area contributed by atoms with Gasteiger partial charge in [0.2, 0.25) is 0 Å². The maximum absolute atomic E-state index is 11.7. The van der Waals surface area contributed by atoms with Gasteiger partial charge in [0.05, 0.1) is 16.1 Å². The number of ether oxygens (including phenoxy) is 2. The van der Waals surface area contributed by atoms with Crippen LogP contribution in [0.25, 0.3) is 22.2 Å². The number of rotatable bonds is 9. The SMILES string of the molecule is Cc1c(COc2cc(OCc3cncc(C#N)c3)c(C=O)cc2Cl)cccc1-c1ccc2oc(C3CCN(C)CC3)nc2c1. The highest BCUT2D eigenvalue weighted by Crippen LogP contribution is 2.35. The maximum Gasteiger partial charge on any atom is 0.198 e. The summed E-state index contributed by atoms with van der Waals surface area (Å²) in [6.07, 6.45) is 5.89. The molecule has 44 heavy (non-hydrogen) atoms. The van der Waals surface area contributed by atoms with Crippen molar-refractivity contribution in [2.45, 2.75) is 38.9 Å². The minimum Gasteiger partial charge on any atom is -0.488 e. The zero-order valence-corrected chi connectivity index (χ0v) is 25.3.